The normalized spacial score (nSPS) is 11.6. The van der Waals surface area contributed by atoms with E-state index in [4.69, 9.17) is 9.68 Å². The van der Waals surface area contributed by atoms with Crippen molar-refractivity contribution in [2.24, 2.45) is 0 Å². The monoisotopic (exact) mass is 263 g/mol. The van der Waals surface area contributed by atoms with Gasteiger partial charge in [-0.05, 0) is 41.9 Å². The molecule has 0 N–H and O–H groups in total. The van der Waals surface area contributed by atoms with Crippen LogP contribution in [0.3, 0.4) is 0 Å². The third-order valence-corrected chi connectivity index (χ3v) is 3.17. The van der Waals surface area contributed by atoms with Crippen molar-refractivity contribution in [3.05, 3.63) is 34.5 Å². The quantitative estimate of drug-likeness (QED) is 0.780. The lowest BCUT2D eigenvalue weighted by atomic mass is 9.92. The van der Waals surface area contributed by atoms with E-state index in [0.717, 1.165) is 15.4 Å². The Kier molecular flexibility index (Phi) is 2.32. The third-order valence-electron chi connectivity index (χ3n) is 2.38. The van der Waals surface area contributed by atoms with Crippen molar-refractivity contribution in [1.29, 1.82) is 5.26 Å². The summed E-state index contributed by atoms with van der Waals surface area (Å²) in [7, 11) is 0. The van der Waals surface area contributed by atoms with Gasteiger partial charge in [-0.1, -0.05) is 12.1 Å². The van der Waals surface area contributed by atoms with Crippen LogP contribution in [0.5, 0.6) is 0 Å². The first kappa shape index (κ1) is 10.3. The number of para-hydroxylation sites is 1. The molecule has 0 aliphatic carbocycles. The molecule has 0 unspecified atom stereocenters. The molecular formula is C12H10BrNO. The van der Waals surface area contributed by atoms with E-state index < -0.39 is 5.41 Å². The van der Waals surface area contributed by atoms with E-state index in [1.165, 1.54) is 0 Å². The van der Waals surface area contributed by atoms with Crippen molar-refractivity contribution in [1.82, 2.24) is 0 Å². The number of rotatable bonds is 1. The zero-order valence-electron chi connectivity index (χ0n) is 8.54. The fourth-order valence-corrected chi connectivity index (χ4v) is 2.37. The van der Waals surface area contributed by atoms with Crippen molar-refractivity contribution in [2.75, 3.05) is 0 Å². The Balaban J connectivity index is 2.75. The average Bonchev–Trinajstić information content (AvgIpc) is 2.58. The summed E-state index contributed by atoms with van der Waals surface area (Å²) in [6, 6.07) is 9.98. The van der Waals surface area contributed by atoms with Crippen LogP contribution in [-0.2, 0) is 5.41 Å². The van der Waals surface area contributed by atoms with Crippen LogP contribution in [0, 0.1) is 11.3 Å². The summed E-state index contributed by atoms with van der Waals surface area (Å²) in [5.41, 5.74) is 0.195. The van der Waals surface area contributed by atoms with Crippen molar-refractivity contribution < 1.29 is 4.42 Å². The number of fused-ring (bicyclic) bond motifs is 1. The minimum Gasteiger partial charge on any atom is -0.458 e. The molecular weight excluding hydrogens is 254 g/mol. The molecule has 2 rings (SSSR count). The largest absolute Gasteiger partial charge is 0.458 e. The Morgan fingerprint density at radius 1 is 1.33 bits per heavy atom. The molecule has 0 atom stereocenters. The predicted molar refractivity (Wildman–Crippen MR) is 62.6 cm³/mol. The van der Waals surface area contributed by atoms with Gasteiger partial charge in [0.25, 0.3) is 0 Å². The van der Waals surface area contributed by atoms with Crippen LogP contribution in [0.1, 0.15) is 19.6 Å². The molecule has 1 aromatic heterocycles. The van der Waals surface area contributed by atoms with Crippen molar-refractivity contribution >= 4 is 26.9 Å². The molecule has 2 aromatic rings. The van der Waals surface area contributed by atoms with Gasteiger partial charge >= 0.3 is 0 Å². The maximum Gasteiger partial charge on any atom is 0.139 e. The van der Waals surface area contributed by atoms with Gasteiger partial charge in [0, 0.05) is 5.39 Å². The second-order valence-corrected chi connectivity index (χ2v) is 4.77. The van der Waals surface area contributed by atoms with Gasteiger partial charge in [-0.25, -0.2) is 0 Å². The number of hydrogen-bond acceptors (Lipinski definition) is 2. The standard InChI is InChI=1S/C12H10BrNO/c1-12(2,7-14)11-10(13)8-5-3-4-6-9(8)15-11/h3-6H,1-2H3. The van der Waals surface area contributed by atoms with Crippen LogP contribution in [0.4, 0.5) is 0 Å². The van der Waals surface area contributed by atoms with Crippen LogP contribution in [0.25, 0.3) is 11.0 Å². The lowest BCUT2D eigenvalue weighted by molar-refractivity contribution is 0.467. The molecule has 0 saturated carbocycles. The molecule has 0 aliphatic heterocycles. The van der Waals surface area contributed by atoms with Gasteiger partial charge in [0.05, 0.1) is 10.5 Å². The van der Waals surface area contributed by atoms with Crippen LogP contribution in [0.2, 0.25) is 0 Å². The topological polar surface area (TPSA) is 36.9 Å². The van der Waals surface area contributed by atoms with Gasteiger partial charge in [0.15, 0.2) is 0 Å². The van der Waals surface area contributed by atoms with Crippen molar-refractivity contribution in [2.45, 2.75) is 19.3 Å². The zero-order chi connectivity index (χ0) is 11.1. The molecule has 0 bridgehead atoms. The van der Waals surface area contributed by atoms with E-state index in [-0.39, 0.29) is 0 Å². The van der Waals surface area contributed by atoms with Crippen LogP contribution in [0.15, 0.2) is 33.2 Å². The smallest absolute Gasteiger partial charge is 0.139 e. The molecule has 0 fully saturated rings. The van der Waals surface area contributed by atoms with E-state index in [1.807, 2.05) is 38.1 Å². The van der Waals surface area contributed by atoms with Crippen molar-refractivity contribution in [3.8, 4) is 6.07 Å². The lowest BCUT2D eigenvalue weighted by Gasteiger charge is -2.11. The average molecular weight is 264 g/mol. The third kappa shape index (κ3) is 1.55. The van der Waals surface area contributed by atoms with Gasteiger partial charge in [-0.3, -0.25) is 0 Å². The maximum absolute atomic E-state index is 9.07. The minimum absolute atomic E-state index is 0.613. The summed E-state index contributed by atoms with van der Waals surface area (Å²) in [4.78, 5) is 0. The molecule has 1 heterocycles. The highest BCUT2D eigenvalue weighted by molar-refractivity contribution is 9.10. The Labute approximate surface area is 96.6 Å². The molecule has 0 spiro atoms. The van der Waals surface area contributed by atoms with Crippen molar-refractivity contribution in [3.63, 3.8) is 0 Å². The lowest BCUT2D eigenvalue weighted by Crippen LogP contribution is -2.13. The molecule has 0 aliphatic rings. The number of nitriles is 1. The minimum atomic E-state index is -0.613. The predicted octanol–water partition coefficient (Wildman–Crippen LogP) is 4.00. The highest BCUT2D eigenvalue weighted by Gasteiger charge is 2.28. The molecule has 0 saturated heterocycles. The first-order valence-electron chi connectivity index (χ1n) is 4.65. The summed E-state index contributed by atoms with van der Waals surface area (Å²) in [6.45, 7) is 3.69. The first-order valence-corrected chi connectivity index (χ1v) is 5.44. The van der Waals surface area contributed by atoms with Gasteiger partial charge < -0.3 is 4.42 Å². The summed E-state index contributed by atoms with van der Waals surface area (Å²) < 4.78 is 6.56. The number of furan rings is 1. The van der Waals surface area contributed by atoms with Crippen LogP contribution in [-0.4, -0.2) is 0 Å². The van der Waals surface area contributed by atoms with Gasteiger partial charge in [0.2, 0.25) is 0 Å². The molecule has 1 aromatic carbocycles. The Morgan fingerprint density at radius 3 is 2.60 bits per heavy atom. The van der Waals surface area contributed by atoms with E-state index in [9.17, 15) is 0 Å². The van der Waals surface area contributed by atoms with E-state index in [1.54, 1.807) is 0 Å². The second-order valence-electron chi connectivity index (χ2n) is 3.98. The molecule has 76 valence electrons. The van der Waals surface area contributed by atoms with Crippen LogP contribution >= 0.6 is 15.9 Å². The number of benzene rings is 1. The van der Waals surface area contributed by atoms with Gasteiger partial charge in [0.1, 0.15) is 16.8 Å². The summed E-state index contributed by atoms with van der Waals surface area (Å²) in [5.74, 6) is 0.686. The Bertz CT molecular complexity index is 548. The summed E-state index contributed by atoms with van der Waals surface area (Å²) >= 11 is 3.48. The molecule has 15 heavy (non-hydrogen) atoms. The highest BCUT2D eigenvalue weighted by Crippen LogP contribution is 2.37. The van der Waals surface area contributed by atoms with Crippen LogP contribution < -0.4 is 0 Å². The summed E-state index contributed by atoms with van der Waals surface area (Å²) in [5, 5.41) is 10.1. The Hall–Kier alpha value is -1.27. The number of hydrogen-bond donors (Lipinski definition) is 0. The zero-order valence-corrected chi connectivity index (χ0v) is 10.1. The molecule has 2 nitrogen and oxygen atoms in total. The highest BCUT2D eigenvalue weighted by atomic mass is 79.9. The number of halogens is 1. The molecule has 0 amide bonds. The molecule has 0 radical (unpaired) electrons. The molecule has 3 heteroatoms. The van der Waals surface area contributed by atoms with Gasteiger partial charge in [-0.2, -0.15) is 5.26 Å². The summed E-state index contributed by atoms with van der Waals surface area (Å²) in [6.07, 6.45) is 0. The Morgan fingerprint density at radius 2 is 2.00 bits per heavy atom. The van der Waals surface area contributed by atoms with Gasteiger partial charge in [-0.15, -0.1) is 0 Å². The van der Waals surface area contributed by atoms with E-state index >= 15 is 0 Å². The number of nitrogens with zero attached hydrogens (tertiary/aromatic N) is 1. The maximum atomic E-state index is 9.07. The SMILES string of the molecule is CC(C)(C#N)c1oc2ccccc2c1Br. The fourth-order valence-electron chi connectivity index (χ4n) is 1.47. The second kappa shape index (κ2) is 3.39. The first-order chi connectivity index (χ1) is 7.06. The van der Waals surface area contributed by atoms with E-state index in [0.29, 0.717) is 5.76 Å². The van der Waals surface area contributed by atoms with E-state index in [2.05, 4.69) is 22.0 Å². The fraction of sp³-hybridized carbons (Fsp3) is 0.250.